The van der Waals surface area contributed by atoms with Gasteiger partial charge >= 0.3 is 0 Å². The van der Waals surface area contributed by atoms with Crippen molar-refractivity contribution in [3.05, 3.63) is 71.3 Å². The van der Waals surface area contributed by atoms with E-state index in [9.17, 15) is 4.39 Å². The van der Waals surface area contributed by atoms with Gasteiger partial charge in [0.2, 0.25) is 0 Å². The molecule has 0 aliphatic carbocycles. The van der Waals surface area contributed by atoms with Crippen molar-refractivity contribution >= 4 is 5.83 Å². The molecule has 0 saturated carbocycles. The number of nitrogens with zero attached hydrogens (tertiary/aromatic N) is 1. The van der Waals surface area contributed by atoms with Crippen LogP contribution < -0.4 is 4.74 Å². The summed E-state index contributed by atoms with van der Waals surface area (Å²) in [5, 5.41) is 8.74. The van der Waals surface area contributed by atoms with Crippen molar-refractivity contribution in [2.75, 3.05) is 0 Å². The van der Waals surface area contributed by atoms with Crippen molar-refractivity contribution in [3.8, 4) is 11.8 Å². The molecule has 0 radical (unpaired) electrons. The second-order valence-electron chi connectivity index (χ2n) is 4.96. The molecule has 0 saturated heterocycles. The Morgan fingerprint density at radius 3 is 2.41 bits per heavy atom. The summed E-state index contributed by atoms with van der Waals surface area (Å²) < 4.78 is 19.4. The SMILES string of the molecule is CCCC=C(F)c1ccc(OCc2ccc(C#N)cc2)cc1. The minimum Gasteiger partial charge on any atom is -0.489 e. The van der Waals surface area contributed by atoms with Crippen LogP contribution in [0.5, 0.6) is 5.75 Å². The zero-order chi connectivity index (χ0) is 15.8. The first-order valence-corrected chi connectivity index (χ1v) is 7.31. The van der Waals surface area contributed by atoms with Crippen LogP contribution in [0.15, 0.2) is 54.6 Å². The molecule has 0 aliphatic rings. The van der Waals surface area contributed by atoms with Gasteiger partial charge < -0.3 is 4.74 Å². The number of halogens is 1. The molecule has 0 bridgehead atoms. The summed E-state index contributed by atoms with van der Waals surface area (Å²) in [6.07, 6.45) is 3.27. The van der Waals surface area contributed by atoms with Crippen molar-refractivity contribution in [1.29, 1.82) is 5.26 Å². The standard InChI is InChI=1S/C19H18FNO/c1-2-3-4-19(20)17-9-11-18(12-10-17)22-14-16-7-5-15(13-21)6-8-16/h4-12H,2-3,14H2,1H3. The molecule has 2 rings (SSSR count). The quantitative estimate of drug-likeness (QED) is 0.729. The molecule has 0 unspecified atom stereocenters. The minimum atomic E-state index is -0.194. The zero-order valence-corrected chi connectivity index (χ0v) is 12.6. The predicted octanol–water partition coefficient (Wildman–Crippen LogP) is 5.25. The van der Waals surface area contributed by atoms with Crippen molar-refractivity contribution < 1.29 is 9.13 Å². The Hall–Kier alpha value is -2.60. The first kappa shape index (κ1) is 15.8. The molecule has 0 atom stereocenters. The fourth-order valence-electron chi connectivity index (χ4n) is 1.94. The smallest absolute Gasteiger partial charge is 0.126 e. The molecule has 2 aromatic rings. The number of unbranched alkanes of at least 4 members (excludes halogenated alkanes) is 1. The Bertz CT molecular complexity index is 666. The molecule has 0 aromatic heterocycles. The Morgan fingerprint density at radius 1 is 1.14 bits per heavy atom. The van der Waals surface area contributed by atoms with Crippen LogP contribution >= 0.6 is 0 Å². The third kappa shape index (κ3) is 4.46. The lowest BCUT2D eigenvalue weighted by molar-refractivity contribution is 0.306. The highest BCUT2D eigenvalue weighted by atomic mass is 19.1. The van der Waals surface area contributed by atoms with E-state index in [1.165, 1.54) is 0 Å². The number of allylic oxidation sites excluding steroid dienone is 1. The predicted molar refractivity (Wildman–Crippen MR) is 85.9 cm³/mol. The van der Waals surface area contributed by atoms with Gasteiger partial charge in [-0.3, -0.25) is 0 Å². The second kappa shape index (κ2) is 7.99. The third-order valence-electron chi connectivity index (χ3n) is 3.23. The maximum Gasteiger partial charge on any atom is 0.126 e. The van der Waals surface area contributed by atoms with Crippen LogP contribution in [-0.4, -0.2) is 0 Å². The third-order valence-corrected chi connectivity index (χ3v) is 3.23. The molecule has 2 aromatic carbocycles. The molecule has 0 amide bonds. The van der Waals surface area contributed by atoms with Crippen LogP contribution in [0, 0.1) is 11.3 Å². The lowest BCUT2D eigenvalue weighted by Crippen LogP contribution is -1.95. The molecular formula is C19H18FNO. The first-order valence-electron chi connectivity index (χ1n) is 7.31. The van der Waals surface area contributed by atoms with Crippen molar-refractivity contribution in [3.63, 3.8) is 0 Å². The molecule has 0 heterocycles. The summed E-state index contributed by atoms with van der Waals surface area (Å²) in [5.74, 6) is 0.497. The van der Waals surface area contributed by atoms with Gasteiger partial charge in [0.1, 0.15) is 18.2 Å². The van der Waals surface area contributed by atoms with Gasteiger partial charge in [-0.1, -0.05) is 25.5 Å². The highest BCUT2D eigenvalue weighted by Crippen LogP contribution is 2.21. The van der Waals surface area contributed by atoms with Gasteiger partial charge in [-0.25, -0.2) is 4.39 Å². The largest absolute Gasteiger partial charge is 0.489 e. The highest BCUT2D eigenvalue weighted by Gasteiger charge is 2.01. The Labute approximate surface area is 130 Å². The van der Waals surface area contributed by atoms with Crippen LogP contribution in [-0.2, 0) is 6.61 Å². The maximum atomic E-state index is 13.8. The lowest BCUT2D eigenvalue weighted by atomic mass is 10.1. The van der Waals surface area contributed by atoms with Crippen LogP contribution in [0.4, 0.5) is 4.39 Å². The van der Waals surface area contributed by atoms with Gasteiger partial charge in [0.05, 0.1) is 11.6 Å². The minimum absolute atomic E-state index is 0.194. The fraction of sp³-hybridized carbons (Fsp3) is 0.211. The molecule has 22 heavy (non-hydrogen) atoms. The van der Waals surface area contributed by atoms with E-state index >= 15 is 0 Å². The maximum absolute atomic E-state index is 13.8. The first-order chi connectivity index (χ1) is 10.7. The Morgan fingerprint density at radius 2 is 1.82 bits per heavy atom. The van der Waals surface area contributed by atoms with E-state index < -0.39 is 0 Å². The average Bonchev–Trinajstić information content (AvgIpc) is 2.58. The van der Waals surface area contributed by atoms with Crippen LogP contribution in [0.3, 0.4) is 0 Å². The van der Waals surface area contributed by atoms with Gasteiger partial charge in [-0.2, -0.15) is 5.26 Å². The highest BCUT2D eigenvalue weighted by molar-refractivity contribution is 5.59. The summed E-state index contributed by atoms with van der Waals surface area (Å²) in [5.41, 5.74) is 2.18. The van der Waals surface area contributed by atoms with Crippen LogP contribution in [0.1, 0.15) is 36.5 Å². The van der Waals surface area contributed by atoms with E-state index in [-0.39, 0.29) is 5.83 Å². The van der Waals surface area contributed by atoms with Gasteiger partial charge in [0.25, 0.3) is 0 Å². The summed E-state index contributed by atoms with van der Waals surface area (Å²) in [6, 6.07) is 16.3. The summed E-state index contributed by atoms with van der Waals surface area (Å²) >= 11 is 0. The normalized spacial score (nSPS) is 11.0. The second-order valence-corrected chi connectivity index (χ2v) is 4.96. The van der Waals surface area contributed by atoms with E-state index in [2.05, 4.69) is 6.07 Å². The van der Waals surface area contributed by atoms with Gasteiger partial charge in [-0.15, -0.1) is 0 Å². The summed E-state index contributed by atoms with van der Waals surface area (Å²) in [6.45, 7) is 2.43. The number of nitriles is 1. The van der Waals surface area contributed by atoms with Crippen molar-refractivity contribution in [1.82, 2.24) is 0 Å². The Kier molecular flexibility index (Phi) is 5.73. The number of hydrogen-bond acceptors (Lipinski definition) is 2. The van der Waals surface area contributed by atoms with E-state index in [4.69, 9.17) is 10.00 Å². The summed E-state index contributed by atoms with van der Waals surface area (Å²) in [4.78, 5) is 0. The molecule has 0 N–H and O–H groups in total. The molecule has 0 fully saturated rings. The lowest BCUT2D eigenvalue weighted by Gasteiger charge is -2.07. The van der Waals surface area contributed by atoms with E-state index in [1.54, 1.807) is 42.5 Å². The monoisotopic (exact) mass is 295 g/mol. The number of rotatable bonds is 6. The topological polar surface area (TPSA) is 33.0 Å². The van der Waals surface area contributed by atoms with E-state index in [1.807, 2.05) is 19.1 Å². The number of benzene rings is 2. The molecule has 2 nitrogen and oxygen atoms in total. The van der Waals surface area contributed by atoms with Gasteiger partial charge in [0.15, 0.2) is 0 Å². The Balaban J connectivity index is 1.95. The van der Waals surface area contributed by atoms with Gasteiger partial charge in [0, 0.05) is 5.56 Å². The van der Waals surface area contributed by atoms with Gasteiger partial charge in [-0.05, 0) is 54.5 Å². The average molecular weight is 295 g/mol. The molecule has 0 aliphatic heterocycles. The molecule has 0 spiro atoms. The molecule has 3 heteroatoms. The van der Waals surface area contributed by atoms with Crippen molar-refractivity contribution in [2.45, 2.75) is 26.4 Å². The molecular weight excluding hydrogens is 277 g/mol. The molecule has 112 valence electrons. The number of hydrogen-bond donors (Lipinski definition) is 0. The summed E-state index contributed by atoms with van der Waals surface area (Å²) in [7, 11) is 0. The zero-order valence-electron chi connectivity index (χ0n) is 12.6. The number of ether oxygens (including phenoxy) is 1. The van der Waals surface area contributed by atoms with Crippen LogP contribution in [0.25, 0.3) is 5.83 Å². The van der Waals surface area contributed by atoms with E-state index in [0.29, 0.717) is 23.5 Å². The van der Waals surface area contributed by atoms with Crippen molar-refractivity contribution in [2.24, 2.45) is 0 Å². The van der Waals surface area contributed by atoms with E-state index in [0.717, 1.165) is 18.4 Å². The fourth-order valence-corrected chi connectivity index (χ4v) is 1.94. The van der Waals surface area contributed by atoms with Crippen LogP contribution in [0.2, 0.25) is 0 Å².